The molecule has 0 fully saturated rings. The first-order valence-electron chi connectivity index (χ1n) is 42.8. The first kappa shape index (κ1) is 100. The molecule has 0 rings (SSSR count). The molecule has 0 aromatic heterocycles. The number of hydrogen-bond donors (Lipinski definition) is 3. The van der Waals surface area contributed by atoms with E-state index in [4.69, 9.17) is 37.0 Å². The maximum atomic E-state index is 13.1. The summed E-state index contributed by atoms with van der Waals surface area (Å²) < 4.78 is 68.8. The molecule has 0 saturated heterocycles. The van der Waals surface area contributed by atoms with Crippen LogP contribution in [0.25, 0.3) is 0 Å². The topological polar surface area (TPSA) is 237 Å². The molecule has 606 valence electrons. The molecule has 102 heavy (non-hydrogen) atoms. The van der Waals surface area contributed by atoms with Gasteiger partial charge in [-0.15, -0.1) is 0 Å². The van der Waals surface area contributed by atoms with Gasteiger partial charge in [-0.25, -0.2) is 9.13 Å². The number of carbonyl (C=O) groups is 4. The highest BCUT2D eigenvalue weighted by molar-refractivity contribution is 7.47. The predicted molar refractivity (Wildman–Crippen MR) is 418 cm³/mol. The molecule has 0 heterocycles. The Labute approximate surface area is 626 Å². The van der Waals surface area contributed by atoms with Gasteiger partial charge in [-0.1, -0.05) is 376 Å². The van der Waals surface area contributed by atoms with E-state index in [-0.39, 0.29) is 25.7 Å². The summed E-state index contributed by atoms with van der Waals surface area (Å²) in [5, 5.41) is 10.6. The van der Waals surface area contributed by atoms with Gasteiger partial charge < -0.3 is 33.8 Å². The predicted octanol–water partition coefficient (Wildman–Crippen LogP) is 24.8. The van der Waals surface area contributed by atoms with Crippen molar-refractivity contribution in [1.82, 2.24) is 0 Å². The fourth-order valence-electron chi connectivity index (χ4n) is 12.7. The first-order chi connectivity index (χ1) is 49.2. The maximum absolute atomic E-state index is 13.1. The quantitative estimate of drug-likeness (QED) is 0.0222. The molecule has 19 heteroatoms. The summed E-state index contributed by atoms with van der Waals surface area (Å²) in [5.74, 6) is 1.08. The molecule has 0 aromatic carbocycles. The number of aliphatic hydroxyl groups excluding tert-OH is 1. The van der Waals surface area contributed by atoms with E-state index in [9.17, 15) is 43.2 Å². The second kappa shape index (κ2) is 72.0. The van der Waals surface area contributed by atoms with Crippen LogP contribution in [0.2, 0.25) is 0 Å². The average Bonchev–Trinajstić information content (AvgIpc) is 0.913. The SMILES string of the molecule is CCC(C)CCCCCCCCCCCCCCCCCCCCC(=O)OC[C@H](COP(=O)(O)OC[C@@H](O)COP(=O)(O)OC[C@@H](COC(=O)CCCCCCCCC(C)CC)OC(=O)CCCCCCCCCCCCCCCC(C)C)OC(=O)CCCCCCCCCCCCC(C)CC. The number of aliphatic hydroxyl groups is 1. The van der Waals surface area contributed by atoms with Crippen molar-refractivity contribution in [2.24, 2.45) is 23.7 Å². The summed E-state index contributed by atoms with van der Waals surface area (Å²) in [5.41, 5.74) is 0. The molecule has 0 bridgehead atoms. The minimum Gasteiger partial charge on any atom is -0.462 e. The monoisotopic (exact) mass is 1490 g/mol. The van der Waals surface area contributed by atoms with Crippen LogP contribution in [0.15, 0.2) is 0 Å². The minimum absolute atomic E-state index is 0.106. The van der Waals surface area contributed by atoms with E-state index in [1.807, 2.05) is 0 Å². The molecule has 3 N–H and O–H groups in total. The Morgan fingerprint density at radius 1 is 0.275 bits per heavy atom. The number of ether oxygens (including phenoxy) is 4. The van der Waals surface area contributed by atoms with E-state index in [1.165, 1.54) is 225 Å². The van der Waals surface area contributed by atoms with Crippen molar-refractivity contribution in [1.29, 1.82) is 0 Å². The van der Waals surface area contributed by atoms with Gasteiger partial charge in [0, 0.05) is 25.7 Å². The standard InChI is InChI=1S/C83H162O17P2/c1-9-74(6)60-52-44-36-30-24-20-16-14-12-13-15-17-21-25-32-38-47-55-63-80(85)93-69-78(99-83(88)66-58-50-40-34-28-27-31-37-45-53-61-75(7)10-2)71-97-101(89,90)95-67-77(84)68-96-102(91,92)98-72-79(70-94-81(86)64-56-48-42-41-46-54-62-76(8)11-3)100-82(87)65-57-49-39-33-26-22-18-19-23-29-35-43-51-59-73(4)5/h73-79,84H,9-72H2,1-8H3,(H,89,90)(H,91,92)/t74?,75?,76?,77-,78-,79-/m1/s1. The number of hydrogen-bond acceptors (Lipinski definition) is 15. The normalized spacial score (nSPS) is 14.8. The second-order valence-electron chi connectivity index (χ2n) is 31.1. The van der Waals surface area contributed by atoms with Crippen molar-refractivity contribution in [3.63, 3.8) is 0 Å². The summed E-state index contributed by atoms with van der Waals surface area (Å²) in [4.78, 5) is 73.1. The molecule has 17 nitrogen and oxygen atoms in total. The largest absolute Gasteiger partial charge is 0.472 e. The van der Waals surface area contributed by atoms with Gasteiger partial charge in [0.2, 0.25) is 0 Å². The molecule has 0 aromatic rings. The lowest BCUT2D eigenvalue weighted by molar-refractivity contribution is -0.161. The zero-order valence-corrected chi connectivity index (χ0v) is 69.0. The molecule has 0 amide bonds. The van der Waals surface area contributed by atoms with Crippen LogP contribution in [0.3, 0.4) is 0 Å². The molecule has 0 aliphatic heterocycles. The van der Waals surface area contributed by atoms with Gasteiger partial charge in [0.15, 0.2) is 12.2 Å². The van der Waals surface area contributed by atoms with Crippen molar-refractivity contribution in [2.75, 3.05) is 39.6 Å². The van der Waals surface area contributed by atoms with Gasteiger partial charge >= 0.3 is 39.5 Å². The van der Waals surface area contributed by atoms with Crippen LogP contribution in [-0.4, -0.2) is 96.7 Å². The summed E-state index contributed by atoms with van der Waals surface area (Å²) in [6.45, 7) is 14.3. The molecular weight excluding hydrogens is 1330 g/mol. The summed E-state index contributed by atoms with van der Waals surface area (Å²) in [7, 11) is -9.92. The van der Waals surface area contributed by atoms with Gasteiger partial charge in [-0.05, 0) is 49.4 Å². The van der Waals surface area contributed by atoms with Gasteiger partial charge in [0.05, 0.1) is 26.4 Å². The van der Waals surface area contributed by atoms with Gasteiger partial charge in [0.1, 0.15) is 19.3 Å². The Kier molecular flexibility index (Phi) is 70.6. The van der Waals surface area contributed by atoms with E-state index in [0.717, 1.165) is 120 Å². The van der Waals surface area contributed by atoms with Crippen LogP contribution in [0.5, 0.6) is 0 Å². The van der Waals surface area contributed by atoms with Gasteiger partial charge in [-0.3, -0.25) is 37.3 Å². The Bertz CT molecular complexity index is 1990. The fourth-order valence-corrected chi connectivity index (χ4v) is 14.3. The zero-order chi connectivity index (χ0) is 75.3. The fraction of sp³-hybridized carbons (Fsp3) is 0.952. The molecule has 5 unspecified atom stereocenters. The Hall–Kier alpha value is -1.94. The molecular formula is C83H162O17P2. The highest BCUT2D eigenvalue weighted by atomic mass is 31.2. The third-order valence-electron chi connectivity index (χ3n) is 20.4. The van der Waals surface area contributed by atoms with Crippen LogP contribution < -0.4 is 0 Å². The maximum Gasteiger partial charge on any atom is 0.472 e. The molecule has 0 aliphatic carbocycles. The number of esters is 4. The molecule has 0 radical (unpaired) electrons. The lowest BCUT2D eigenvalue weighted by atomic mass is 9.99. The van der Waals surface area contributed by atoms with Gasteiger partial charge in [0.25, 0.3) is 0 Å². The second-order valence-corrected chi connectivity index (χ2v) is 34.0. The lowest BCUT2D eigenvalue weighted by Crippen LogP contribution is -2.30. The summed E-state index contributed by atoms with van der Waals surface area (Å²) in [6.07, 6.45) is 59.6. The Morgan fingerprint density at radius 2 is 0.471 bits per heavy atom. The average molecular weight is 1490 g/mol. The van der Waals surface area contributed by atoms with Crippen molar-refractivity contribution < 1.29 is 80.2 Å². The van der Waals surface area contributed by atoms with Crippen LogP contribution >= 0.6 is 15.6 Å². The van der Waals surface area contributed by atoms with Crippen LogP contribution in [-0.2, 0) is 65.4 Å². The number of rotatable bonds is 80. The molecule has 8 atom stereocenters. The number of carbonyl (C=O) groups excluding carboxylic acids is 4. The van der Waals surface area contributed by atoms with E-state index in [1.54, 1.807) is 0 Å². The highest BCUT2D eigenvalue weighted by Crippen LogP contribution is 2.45. The molecule has 0 spiro atoms. The van der Waals surface area contributed by atoms with Crippen molar-refractivity contribution >= 4 is 39.5 Å². The Balaban J connectivity index is 5.20. The van der Waals surface area contributed by atoms with Gasteiger partial charge in [-0.2, -0.15) is 0 Å². The first-order valence-corrected chi connectivity index (χ1v) is 45.8. The van der Waals surface area contributed by atoms with E-state index in [2.05, 4.69) is 55.4 Å². The van der Waals surface area contributed by atoms with Crippen molar-refractivity contribution in [3.05, 3.63) is 0 Å². The highest BCUT2D eigenvalue weighted by Gasteiger charge is 2.30. The van der Waals surface area contributed by atoms with Crippen LogP contribution in [0, 0.1) is 23.7 Å². The van der Waals surface area contributed by atoms with Crippen LogP contribution in [0.4, 0.5) is 0 Å². The van der Waals surface area contributed by atoms with E-state index in [0.29, 0.717) is 25.7 Å². The Morgan fingerprint density at radius 3 is 0.696 bits per heavy atom. The minimum atomic E-state index is -4.96. The van der Waals surface area contributed by atoms with Crippen LogP contribution in [0.1, 0.15) is 428 Å². The third-order valence-corrected chi connectivity index (χ3v) is 22.3. The lowest BCUT2D eigenvalue weighted by Gasteiger charge is -2.21. The smallest absolute Gasteiger partial charge is 0.462 e. The summed E-state index contributed by atoms with van der Waals surface area (Å²) in [6, 6.07) is 0. The van der Waals surface area contributed by atoms with Crippen molar-refractivity contribution in [2.45, 2.75) is 446 Å². The van der Waals surface area contributed by atoms with Crippen molar-refractivity contribution in [3.8, 4) is 0 Å². The van der Waals surface area contributed by atoms with E-state index < -0.39 is 97.5 Å². The number of phosphoric ester groups is 2. The number of phosphoric acid groups is 2. The molecule has 0 saturated carbocycles. The third kappa shape index (κ3) is 72.3. The summed E-state index contributed by atoms with van der Waals surface area (Å²) >= 11 is 0. The van der Waals surface area contributed by atoms with E-state index >= 15 is 0 Å². The molecule has 0 aliphatic rings. The zero-order valence-electron chi connectivity index (χ0n) is 67.2. The number of unbranched alkanes of at least 4 members (excludes halogenated alkanes) is 43.